The highest BCUT2D eigenvalue weighted by Gasteiger charge is 2.14. The van der Waals surface area contributed by atoms with Crippen LogP contribution in [0, 0.1) is 0 Å². The molecule has 1 atom stereocenters. The summed E-state index contributed by atoms with van der Waals surface area (Å²) in [5.74, 6) is -0.00390. The number of esters is 1. The predicted molar refractivity (Wildman–Crippen MR) is 146 cm³/mol. The Balaban J connectivity index is 4.03. The van der Waals surface area contributed by atoms with Gasteiger partial charge in [-0.25, -0.2) is 0 Å². The molecule has 33 heavy (non-hydrogen) atoms. The first-order valence-electron chi connectivity index (χ1n) is 13.8. The molecule has 0 amide bonds. The average molecular weight is 462 g/mol. The third-order valence-electron chi connectivity index (χ3n) is 6.08. The summed E-state index contributed by atoms with van der Waals surface area (Å²) in [6, 6.07) is 0. The first-order valence-corrected chi connectivity index (χ1v) is 13.8. The molecule has 0 aliphatic rings. The first kappa shape index (κ1) is 31.6. The van der Waals surface area contributed by atoms with Crippen molar-refractivity contribution in [2.45, 2.75) is 128 Å². The van der Waals surface area contributed by atoms with Crippen LogP contribution in [0.15, 0.2) is 37.5 Å². The Morgan fingerprint density at radius 2 is 1.27 bits per heavy atom. The highest BCUT2D eigenvalue weighted by Crippen LogP contribution is 2.18. The fourth-order valence-electron chi connectivity index (χ4n) is 4.07. The van der Waals surface area contributed by atoms with Crippen LogP contribution in [0.3, 0.4) is 0 Å². The van der Waals surface area contributed by atoms with Crippen LogP contribution in [0.25, 0.3) is 0 Å². The van der Waals surface area contributed by atoms with E-state index in [4.69, 9.17) is 4.74 Å². The standard InChI is InChI=1S/C30H55NO2/c1-5-7-9-11-13-15-16-17-19-21-23-26-29(33-30(32)27-24-28-31(3)4)25-22-20-18-14-12-10-8-6-2/h5-6,9,11,29H,1-2,7-8,10,12-28H2,3-4H3/b11-9-. The predicted octanol–water partition coefficient (Wildman–Crippen LogP) is 8.80. The van der Waals surface area contributed by atoms with Gasteiger partial charge in [-0.1, -0.05) is 75.7 Å². The van der Waals surface area contributed by atoms with E-state index < -0.39 is 0 Å². The second-order valence-corrected chi connectivity index (χ2v) is 9.70. The van der Waals surface area contributed by atoms with Crippen molar-refractivity contribution in [3.63, 3.8) is 0 Å². The zero-order valence-electron chi connectivity index (χ0n) is 22.2. The largest absolute Gasteiger partial charge is 0.462 e. The molecule has 0 aromatic carbocycles. The lowest BCUT2D eigenvalue weighted by molar-refractivity contribution is -0.150. The van der Waals surface area contributed by atoms with Crippen molar-refractivity contribution < 1.29 is 9.53 Å². The number of unbranched alkanes of at least 4 members (excludes halogenated alkanes) is 12. The minimum absolute atomic E-state index is 0.00390. The van der Waals surface area contributed by atoms with Gasteiger partial charge in [0, 0.05) is 6.42 Å². The maximum Gasteiger partial charge on any atom is 0.306 e. The summed E-state index contributed by atoms with van der Waals surface area (Å²) >= 11 is 0. The maximum atomic E-state index is 12.3. The summed E-state index contributed by atoms with van der Waals surface area (Å²) in [5, 5.41) is 0. The molecular formula is C30H55NO2. The average Bonchev–Trinajstić information content (AvgIpc) is 2.78. The van der Waals surface area contributed by atoms with Crippen molar-refractivity contribution in [1.82, 2.24) is 4.90 Å². The lowest BCUT2D eigenvalue weighted by atomic mass is 10.0. The maximum absolute atomic E-state index is 12.3. The molecule has 0 heterocycles. The summed E-state index contributed by atoms with van der Waals surface area (Å²) in [5.41, 5.74) is 0. The Hall–Kier alpha value is -1.35. The van der Waals surface area contributed by atoms with Gasteiger partial charge in [-0.15, -0.1) is 13.2 Å². The zero-order valence-corrected chi connectivity index (χ0v) is 22.2. The molecular weight excluding hydrogens is 406 g/mol. The molecule has 0 radical (unpaired) electrons. The number of hydrogen-bond acceptors (Lipinski definition) is 3. The van der Waals surface area contributed by atoms with Crippen molar-refractivity contribution >= 4 is 5.97 Å². The van der Waals surface area contributed by atoms with Crippen LogP contribution in [0.1, 0.15) is 122 Å². The van der Waals surface area contributed by atoms with Crippen LogP contribution < -0.4 is 0 Å². The van der Waals surface area contributed by atoms with E-state index in [2.05, 4.69) is 30.2 Å². The molecule has 0 aliphatic carbocycles. The van der Waals surface area contributed by atoms with Crippen molar-refractivity contribution in [3.8, 4) is 0 Å². The van der Waals surface area contributed by atoms with Gasteiger partial charge in [0.1, 0.15) is 6.10 Å². The second-order valence-electron chi connectivity index (χ2n) is 9.70. The quantitative estimate of drug-likeness (QED) is 0.0772. The minimum atomic E-state index is -0.00390. The van der Waals surface area contributed by atoms with Crippen LogP contribution in [-0.2, 0) is 9.53 Å². The first-order chi connectivity index (χ1) is 16.1. The third kappa shape index (κ3) is 25.1. The van der Waals surface area contributed by atoms with Crippen molar-refractivity contribution in [1.29, 1.82) is 0 Å². The van der Waals surface area contributed by atoms with E-state index in [1.165, 1.54) is 83.5 Å². The lowest BCUT2D eigenvalue weighted by Crippen LogP contribution is -2.20. The van der Waals surface area contributed by atoms with Crippen LogP contribution in [0.5, 0.6) is 0 Å². The SMILES string of the molecule is C=CC/C=C\CCCCCCCCC(CCCCCCCCC=C)OC(=O)CCCN(C)C. The molecule has 0 rings (SSSR count). The van der Waals surface area contributed by atoms with E-state index in [-0.39, 0.29) is 12.1 Å². The summed E-state index contributed by atoms with van der Waals surface area (Å²) < 4.78 is 5.90. The van der Waals surface area contributed by atoms with Gasteiger partial charge in [0.05, 0.1) is 0 Å². The summed E-state index contributed by atoms with van der Waals surface area (Å²) in [6.45, 7) is 8.47. The summed E-state index contributed by atoms with van der Waals surface area (Å²) in [4.78, 5) is 14.4. The number of carbonyl (C=O) groups is 1. The minimum Gasteiger partial charge on any atom is -0.462 e. The Bertz CT molecular complexity index is 484. The van der Waals surface area contributed by atoms with Crippen LogP contribution >= 0.6 is 0 Å². The summed E-state index contributed by atoms with van der Waals surface area (Å²) in [6.07, 6.45) is 30.6. The fraction of sp³-hybridized carbons (Fsp3) is 0.767. The molecule has 3 heteroatoms. The van der Waals surface area contributed by atoms with Gasteiger partial charge in [-0.3, -0.25) is 4.79 Å². The Morgan fingerprint density at radius 3 is 1.82 bits per heavy atom. The van der Waals surface area contributed by atoms with Crippen molar-refractivity contribution in [3.05, 3.63) is 37.5 Å². The van der Waals surface area contributed by atoms with E-state index in [0.29, 0.717) is 6.42 Å². The van der Waals surface area contributed by atoms with Gasteiger partial charge in [-0.2, -0.15) is 0 Å². The molecule has 0 aromatic rings. The molecule has 1 unspecified atom stereocenters. The number of hydrogen-bond donors (Lipinski definition) is 0. The Labute approximate surface area is 206 Å². The lowest BCUT2D eigenvalue weighted by Gasteiger charge is -2.18. The van der Waals surface area contributed by atoms with Gasteiger partial charge in [0.25, 0.3) is 0 Å². The molecule has 0 saturated heterocycles. The third-order valence-corrected chi connectivity index (χ3v) is 6.08. The van der Waals surface area contributed by atoms with E-state index >= 15 is 0 Å². The highest BCUT2D eigenvalue weighted by molar-refractivity contribution is 5.69. The monoisotopic (exact) mass is 461 g/mol. The van der Waals surface area contributed by atoms with Crippen LogP contribution in [0.2, 0.25) is 0 Å². The van der Waals surface area contributed by atoms with Crippen LogP contribution in [0.4, 0.5) is 0 Å². The van der Waals surface area contributed by atoms with Gasteiger partial charge < -0.3 is 9.64 Å². The number of allylic oxidation sites excluding steroid dienone is 4. The Kier molecular flexibility index (Phi) is 24.2. The van der Waals surface area contributed by atoms with E-state index in [9.17, 15) is 4.79 Å². The smallest absolute Gasteiger partial charge is 0.306 e. The molecule has 0 aromatic heterocycles. The normalized spacial score (nSPS) is 12.3. The number of nitrogens with zero attached hydrogens (tertiary/aromatic N) is 1. The molecule has 0 N–H and O–H groups in total. The van der Waals surface area contributed by atoms with E-state index in [1.807, 2.05) is 26.2 Å². The van der Waals surface area contributed by atoms with Crippen molar-refractivity contribution in [2.75, 3.05) is 20.6 Å². The van der Waals surface area contributed by atoms with Gasteiger partial charge in [0.15, 0.2) is 0 Å². The molecule has 192 valence electrons. The summed E-state index contributed by atoms with van der Waals surface area (Å²) in [7, 11) is 4.09. The molecule has 3 nitrogen and oxygen atoms in total. The molecule has 0 fully saturated rings. The van der Waals surface area contributed by atoms with Crippen LogP contribution in [-0.4, -0.2) is 37.6 Å². The molecule has 0 saturated carbocycles. The van der Waals surface area contributed by atoms with Crippen molar-refractivity contribution in [2.24, 2.45) is 0 Å². The second kappa shape index (κ2) is 25.3. The van der Waals surface area contributed by atoms with Gasteiger partial charge >= 0.3 is 5.97 Å². The zero-order chi connectivity index (χ0) is 24.4. The van der Waals surface area contributed by atoms with Gasteiger partial charge in [-0.05, 0) is 84.8 Å². The topological polar surface area (TPSA) is 29.5 Å². The van der Waals surface area contributed by atoms with E-state index in [1.54, 1.807) is 0 Å². The van der Waals surface area contributed by atoms with E-state index in [0.717, 1.165) is 38.6 Å². The number of rotatable bonds is 25. The van der Waals surface area contributed by atoms with Gasteiger partial charge in [0.2, 0.25) is 0 Å². The molecule has 0 bridgehead atoms. The molecule has 0 spiro atoms. The highest BCUT2D eigenvalue weighted by atomic mass is 16.5. The fourth-order valence-corrected chi connectivity index (χ4v) is 4.07. The number of ether oxygens (including phenoxy) is 1. The number of carbonyl (C=O) groups excluding carboxylic acids is 1. The molecule has 0 aliphatic heterocycles. The Morgan fingerprint density at radius 1 is 0.727 bits per heavy atom.